The van der Waals surface area contributed by atoms with E-state index in [0.29, 0.717) is 25.2 Å². The smallest absolute Gasteiger partial charge is 0.222 e. The average molecular weight is 284 g/mol. The van der Waals surface area contributed by atoms with Gasteiger partial charge in [0.1, 0.15) is 16.6 Å². The van der Waals surface area contributed by atoms with Gasteiger partial charge in [0.05, 0.1) is 12.2 Å². The lowest BCUT2D eigenvalue weighted by molar-refractivity contribution is -0.128. The Kier molecular flexibility index (Phi) is 5.69. The molecule has 0 heterocycles. The quantitative estimate of drug-likeness (QED) is 0.638. The van der Waals surface area contributed by atoms with Crippen molar-refractivity contribution in [2.45, 2.75) is 12.8 Å². The van der Waals surface area contributed by atoms with E-state index in [4.69, 9.17) is 22.7 Å². The standard InChI is InChI=1S/C13H17FN2O2S/c1-16(2)11(17)7-4-8-18-10-6-3-5-9(14)12(10)13(15)19/h3,5-6H,4,7-8H2,1-2H3,(H2,15,19). The van der Waals surface area contributed by atoms with Gasteiger partial charge in [0.15, 0.2) is 0 Å². The summed E-state index contributed by atoms with van der Waals surface area (Å²) in [5.41, 5.74) is 5.57. The summed E-state index contributed by atoms with van der Waals surface area (Å²) in [5.74, 6) is -0.170. The molecule has 0 atom stereocenters. The molecule has 0 fully saturated rings. The molecule has 6 heteroatoms. The normalized spacial score (nSPS) is 10.1. The van der Waals surface area contributed by atoms with Gasteiger partial charge in [0.2, 0.25) is 5.91 Å². The van der Waals surface area contributed by atoms with Crippen LogP contribution >= 0.6 is 12.2 Å². The number of amides is 1. The van der Waals surface area contributed by atoms with Crippen molar-refractivity contribution >= 4 is 23.1 Å². The Morgan fingerprint density at radius 1 is 1.47 bits per heavy atom. The Labute approximate surface area is 117 Å². The van der Waals surface area contributed by atoms with Crippen LogP contribution in [-0.2, 0) is 4.79 Å². The van der Waals surface area contributed by atoms with Gasteiger partial charge in [-0.25, -0.2) is 4.39 Å². The second kappa shape index (κ2) is 7.04. The van der Waals surface area contributed by atoms with E-state index >= 15 is 0 Å². The Hall–Kier alpha value is -1.69. The van der Waals surface area contributed by atoms with Gasteiger partial charge in [-0.2, -0.15) is 0 Å². The summed E-state index contributed by atoms with van der Waals surface area (Å²) < 4.78 is 19.0. The molecular weight excluding hydrogens is 267 g/mol. The first-order valence-corrected chi connectivity index (χ1v) is 6.25. The zero-order chi connectivity index (χ0) is 14.4. The molecule has 0 aliphatic rings. The second-order valence-electron chi connectivity index (χ2n) is 4.22. The van der Waals surface area contributed by atoms with E-state index in [9.17, 15) is 9.18 Å². The number of carbonyl (C=O) groups is 1. The minimum atomic E-state index is -0.505. The van der Waals surface area contributed by atoms with Crippen molar-refractivity contribution in [1.29, 1.82) is 0 Å². The minimum absolute atomic E-state index is 0.0254. The van der Waals surface area contributed by atoms with Crippen LogP contribution in [-0.4, -0.2) is 36.5 Å². The summed E-state index contributed by atoms with van der Waals surface area (Å²) in [7, 11) is 3.39. The fourth-order valence-corrected chi connectivity index (χ4v) is 1.69. The predicted octanol–water partition coefficient (Wildman–Crippen LogP) is 1.71. The highest BCUT2D eigenvalue weighted by atomic mass is 32.1. The highest BCUT2D eigenvalue weighted by Crippen LogP contribution is 2.21. The first kappa shape index (κ1) is 15.4. The van der Waals surface area contributed by atoms with Crippen molar-refractivity contribution in [3.8, 4) is 5.75 Å². The van der Waals surface area contributed by atoms with Gasteiger partial charge in [-0.1, -0.05) is 18.3 Å². The molecular formula is C13H17FN2O2S. The van der Waals surface area contributed by atoms with Crippen LogP contribution in [0.4, 0.5) is 4.39 Å². The fourth-order valence-electron chi connectivity index (χ4n) is 1.49. The molecule has 0 radical (unpaired) electrons. The van der Waals surface area contributed by atoms with Crippen LogP contribution in [0.15, 0.2) is 18.2 Å². The lowest BCUT2D eigenvalue weighted by Gasteiger charge is -2.12. The molecule has 0 aliphatic heterocycles. The number of thiocarbonyl (C=S) groups is 1. The zero-order valence-electron chi connectivity index (χ0n) is 11.0. The van der Waals surface area contributed by atoms with Gasteiger partial charge in [-0.05, 0) is 18.6 Å². The van der Waals surface area contributed by atoms with Crippen molar-refractivity contribution in [2.24, 2.45) is 5.73 Å². The first-order valence-electron chi connectivity index (χ1n) is 5.84. The molecule has 0 spiro atoms. The summed E-state index contributed by atoms with van der Waals surface area (Å²) in [6, 6.07) is 4.40. The minimum Gasteiger partial charge on any atom is -0.493 e. The van der Waals surface area contributed by atoms with Gasteiger partial charge >= 0.3 is 0 Å². The molecule has 19 heavy (non-hydrogen) atoms. The summed E-state index contributed by atoms with van der Waals surface area (Å²) in [6.45, 7) is 0.304. The average Bonchev–Trinajstić information content (AvgIpc) is 2.33. The van der Waals surface area contributed by atoms with E-state index in [0.717, 1.165) is 0 Å². The third-order valence-electron chi connectivity index (χ3n) is 2.51. The van der Waals surface area contributed by atoms with Crippen molar-refractivity contribution < 1.29 is 13.9 Å². The van der Waals surface area contributed by atoms with Crippen LogP contribution in [0.3, 0.4) is 0 Å². The maximum absolute atomic E-state index is 13.5. The highest BCUT2D eigenvalue weighted by Gasteiger charge is 2.12. The molecule has 1 aromatic carbocycles. The number of nitrogens with zero attached hydrogens (tertiary/aromatic N) is 1. The Morgan fingerprint density at radius 3 is 2.74 bits per heavy atom. The van der Waals surface area contributed by atoms with Crippen molar-refractivity contribution in [2.75, 3.05) is 20.7 Å². The maximum atomic E-state index is 13.5. The molecule has 104 valence electrons. The molecule has 1 amide bonds. The van der Waals surface area contributed by atoms with Gasteiger partial charge in [0, 0.05) is 20.5 Å². The molecule has 4 nitrogen and oxygen atoms in total. The van der Waals surface area contributed by atoms with E-state index in [2.05, 4.69) is 0 Å². The lowest BCUT2D eigenvalue weighted by Crippen LogP contribution is -2.22. The number of carbonyl (C=O) groups excluding carboxylic acids is 1. The van der Waals surface area contributed by atoms with Crippen LogP contribution in [0.1, 0.15) is 18.4 Å². The summed E-state index contributed by atoms with van der Waals surface area (Å²) in [5, 5.41) is 0. The van der Waals surface area contributed by atoms with Crippen LogP contribution in [0.25, 0.3) is 0 Å². The SMILES string of the molecule is CN(C)C(=O)CCCOc1cccc(F)c1C(N)=S. The molecule has 1 rings (SSSR count). The van der Waals surface area contributed by atoms with Crippen LogP contribution in [0, 0.1) is 5.82 Å². The van der Waals surface area contributed by atoms with Crippen molar-refractivity contribution in [1.82, 2.24) is 4.90 Å². The highest BCUT2D eigenvalue weighted by molar-refractivity contribution is 7.80. The number of halogens is 1. The van der Waals surface area contributed by atoms with E-state index in [1.807, 2.05) is 0 Å². The zero-order valence-corrected chi connectivity index (χ0v) is 11.8. The third-order valence-corrected chi connectivity index (χ3v) is 2.72. The van der Waals surface area contributed by atoms with Crippen LogP contribution < -0.4 is 10.5 Å². The van der Waals surface area contributed by atoms with Crippen molar-refractivity contribution in [3.05, 3.63) is 29.6 Å². The second-order valence-corrected chi connectivity index (χ2v) is 4.66. The van der Waals surface area contributed by atoms with Crippen molar-refractivity contribution in [3.63, 3.8) is 0 Å². The predicted molar refractivity (Wildman–Crippen MR) is 75.7 cm³/mol. The van der Waals surface area contributed by atoms with Gasteiger partial charge in [0.25, 0.3) is 0 Å². The summed E-state index contributed by atoms with van der Waals surface area (Å²) in [4.78, 5) is 12.8. The molecule has 1 aromatic rings. The maximum Gasteiger partial charge on any atom is 0.222 e. The Balaban J connectivity index is 2.57. The van der Waals surface area contributed by atoms with E-state index < -0.39 is 5.82 Å². The molecule has 0 aromatic heterocycles. The van der Waals surface area contributed by atoms with Crippen LogP contribution in [0.2, 0.25) is 0 Å². The number of ether oxygens (including phenoxy) is 1. The number of rotatable bonds is 6. The third kappa shape index (κ3) is 4.48. The molecule has 2 N–H and O–H groups in total. The summed E-state index contributed by atoms with van der Waals surface area (Å²) >= 11 is 4.79. The molecule has 0 saturated carbocycles. The number of nitrogens with two attached hydrogens (primary N) is 1. The fraction of sp³-hybridized carbons (Fsp3) is 0.385. The Bertz CT molecular complexity index is 478. The number of benzene rings is 1. The van der Waals surface area contributed by atoms with E-state index in [1.165, 1.54) is 17.0 Å². The number of hydrogen-bond donors (Lipinski definition) is 1. The van der Waals surface area contributed by atoms with Crippen LogP contribution in [0.5, 0.6) is 5.75 Å². The molecule has 0 unspecified atom stereocenters. The first-order chi connectivity index (χ1) is 8.93. The van der Waals surface area contributed by atoms with Gasteiger partial charge < -0.3 is 15.4 Å². The monoisotopic (exact) mass is 284 g/mol. The molecule has 0 bridgehead atoms. The molecule has 0 saturated heterocycles. The topological polar surface area (TPSA) is 55.6 Å². The van der Waals surface area contributed by atoms with Gasteiger partial charge in [-0.15, -0.1) is 0 Å². The van der Waals surface area contributed by atoms with E-state index in [-0.39, 0.29) is 16.5 Å². The number of hydrogen-bond acceptors (Lipinski definition) is 3. The lowest BCUT2D eigenvalue weighted by atomic mass is 10.2. The summed E-state index contributed by atoms with van der Waals surface area (Å²) in [6.07, 6.45) is 0.926. The van der Waals surface area contributed by atoms with E-state index in [1.54, 1.807) is 20.2 Å². The molecule has 0 aliphatic carbocycles. The Morgan fingerprint density at radius 2 is 2.16 bits per heavy atom. The van der Waals surface area contributed by atoms with Gasteiger partial charge in [-0.3, -0.25) is 4.79 Å². The largest absolute Gasteiger partial charge is 0.493 e.